The Balaban J connectivity index is 1.79. The molecule has 0 radical (unpaired) electrons. The predicted molar refractivity (Wildman–Crippen MR) is 76.4 cm³/mol. The van der Waals surface area contributed by atoms with Crippen LogP contribution < -0.4 is 11.3 Å². The first-order chi connectivity index (χ1) is 9.24. The van der Waals surface area contributed by atoms with Gasteiger partial charge in [0.15, 0.2) is 0 Å². The molecule has 2 aliphatic rings. The number of hydrogen-bond donors (Lipinski definition) is 1. The maximum Gasteiger partial charge on any atom is 0.250 e. The molecular weight excluding hydrogens is 238 g/mol. The van der Waals surface area contributed by atoms with E-state index in [4.69, 9.17) is 5.73 Å². The minimum Gasteiger partial charge on any atom is -0.327 e. The van der Waals surface area contributed by atoms with Crippen molar-refractivity contribution in [1.82, 2.24) is 9.47 Å². The zero-order valence-corrected chi connectivity index (χ0v) is 11.5. The highest BCUT2D eigenvalue weighted by Gasteiger charge is 2.19. The zero-order valence-electron chi connectivity index (χ0n) is 11.5. The van der Waals surface area contributed by atoms with Gasteiger partial charge in [-0.05, 0) is 50.8 Å². The Morgan fingerprint density at radius 2 is 2.00 bits per heavy atom. The molecule has 3 rings (SSSR count). The Morgan fingerprint density at radius 1 is 1.21 bits per heavy atom. The molecule has 0 spiro atoms. The average molecular weight is 261 g/mol. The number of nitrogens with two attached hydrogens (primary N) is 1. The fraction of sp³-hybridized carbons (Fsp3) is 0.667. The van der Waals surface area contributed by atoms with Gasteiger partial charge in [-0.25, -0.2) is 0 Å². The van der Waals surface area contributed by atoms with Gasteiger partial charge in [0.2, 0.25) is 0 Å². The van der Waals surface area contributed by atoms with Gasteiger partial charge in [-0.2, -0.15) is 0 Å². The van der Waals surface area contributed by atoms with Gasteiger partial charge in [0.1, 0.15) is 0 Å². The third-order valence-corrected chi connectivity index (χ3v) is 4.46. The second-order valence-corrected chi connectivity index (χ2v) is 5.85. The highest BCUT2D eigenvalue weighted by atomic mass is 16.1. The Labute approximate surface area is 114 Å². The molecule has 1 aliphatic carbocycles. The third kappa shape index (κ3) is 2.74. The Bertz CT molecular complexity index is 503. The van der Waals surface area contributed by atoms with Crippen molar-refractivity contribution in [2.45, 2.75) is 44.7 Å². The van der Waals surface area contributed by atoms with Crippen molar-refractivity contribution in [1.29, 1.82) is 0 Å². The number of likely N-dealkylation sites (tertiary alicyclic amines) is 1. The Morgan fingerprint density at radius 3 is 2.79 bits per heavy atom. The molecule has 1 fully saturated rings. The summed E-state index contributed by atoms with van der Waals surface area (Å²) in [6.45, 7) is 4.21. The van der Waals surface area contributed by atoms with E-state index in [1.54, 1.807) is 6.07 Å². The van der Waals surface area contributed by atoms with Crippen LogP contribution >= 0.6 is 0 Å². The van der Waals surface area contributed by atoms with Crippen molar-refractivity contribution in [3.05, 3.63) is 33.7 Å². The molecule has 0 saturated carbocycles. The van der Waals surface area contributed by atoms with E-state index in [2.05, 4.69) is 4.90 Å². The van der Waals surface area contributed by atoms with Crippen molar-refractivity contribution in [2.24, 2.45) is 5.73 Å². The highest BCUT2D eigenvalue weighted by molar-refractivity contribution is 5.25. The number of pyridine rings is 1. The van der Waals surface area contributed by atoms with Crippen molar-refractivity contribution in [2.75, 3.05) is 19.6 Å². The smallest absolute Gasteiger partial charge is 0.250 e. The summed E-state index contributed by atoms with van der Waals surface area (Å²) in [5.74, 6) is 0. The number of aromatic nitrogens is 1. The monoisotopic (exact) mass is 261 g/mol. The van der Waals surface area contributed by atoms with Gasteiger partial charge >= 0.3 is 0 Å². The van der Waals surface area contributed by atoms with Crippen LogP contribution in [0.15, 0.2) is 16.9 Å². The molecule has 0 bridgehead atoms. The first kappa shape index (κ1) is 12.9. The van der Waals surface area contributed by atoms with Gasteiger partial charge in [-0.15, -0.1) is 0 Å². The van der Waals surface area contributed by atoms with Crippen LogP contribution in [-0.4, -0.2) is 35.1 Å². The average Bonchev–Trinajstić information content (AvgIpc) is 2.91. The molecule has 2 N–H and O–H groups in total. The largest absolute Gasteiger partial charge is 0.327 e. The van der Waals surface area contributed by atoms with Crippen LogP contribution in [0, 0.1) is 0 Å². The molecule has 1 unspecified atom stereocenters. The first-order valence-corrected chi connectivity index (χ1v) is 7.43. The molecule has 0 amide bonds. The van der Waals surface area contributed by atoms with Gasteiger partial charge < -0.3 is 15.2 Å². The summed E-state index contributed by atoms with van der Waals surface area (Å²) in [4.78, 5) is 14.5. The summed E-state index contributed by atoms with van der Waals surface area (Å²) in [6, 6.07) is 3.95. The number of rotatable bonds is 3. The predicted octanol–water partition coefficient (Wildman–Crippen LogP) is 0.760. The standard InChI is InChI=1S/C15H23N3O/c16-13-4-5-14-12(11-13)3-6-15(19)18(14)10-9-17-7-1-2-8-17/h3,6,13H,1-2,4-5,7-11,16H2. The molecule has 1 atom stereocenters. The van der Waals surface area contributed by atoms with E-state index in [9.17, 15) is 4.79 Å². The van der Waals surface area contributed by atoms with Crippen LogP contribution in [0.4, 0.5) is 0 Å². The van der Waals surface area contributed by atoms with Crippen LogP contribution in [0.25, 0.3) is 0 Å². The third-order valence-electron chi connectivity index (χ3n) is 4.46. The number of nitrogens with zero attached hydrogens (tertiary/aromatic N) is 2. The van der Waals surface area contributed by atoms with Gasteiger partial charge in [0.05, 0.1) is 0 Å². The minimum absolute atomic E-state index is 0.147. The summed E-state index contributed by atoms with van der Waals surface area (Å²) in [5.41, 5.74) is 8.67. The van der Waals surface area contributed by atoms with E-state index in [-0.39, 0.29) is 11.6 Å². The summed E-state index contributed by atoms with van der Waals surface area (Å²) in [6.07, 6.45) is 5.47. The fourth-order valence-electron chi connectivity index (χ4n) is 3.35. The lowest BCUT2D eigenvalue weighted by Crippen LogP contribution is -2.35. The highest BCUT2D eigenvalue weighted by Crippen LogP contribution is 2.19. The van der Waals surface area contributed by atoms with Gasteiger partial charge in [-0.1, -0.05) is 6.07 Å². The van der Waals surface area contributed by atoms with Gasteiger partial charge in [0.25, 0.3) is 5.56 Å². The Hall–Kier alpha value is -1.13. The molecule has 1 saturated heterocycles. The molecule has 2 heterocycles. The summed E-state index contributed by atoms with van der Waals surface area (Å²) in [5, 5.41) is 0. The second kappa shape index (κ2) is 5.47. The maximum absolute atomic E-state index is 12.1. The molecule has 1 aliphatic heterocycles. The molecular formula is C15H23N3O. The normalized spacial score (nSPS) is 23.5. The first-order valence-electron chi connectivity index (χ1n) is 7.43. The quantitative estimate of drug-likeness (QED) is 0.874. The van der Waals surface area contributed by atoms with Crippen molar-refractivity contribution < 1.29 is 0 Å². The summed E-state index contributed by atoms with van der Waals surface area (Å²) >= 11 is 0. The van der Waals surface area contributed by atoms with Crippen LogP contribution in [0.2, 0.25) is 0 Å². The zero-order chi connectivity index (χ0) is 13.2. The minimum atomic E-state index is 0.147. The maximum atomic E-state index is 12.1. The Kier molecular flexibility index (Phi) is 3.71. The second-order valence-electron chi connectivity index (χ2n) is 5.85. The number of hydrogen-bond acceptors (Lipinski definition) is 3. The molecule has 19 heavy (non-hydrogen) atoms. The molecule has 104 valence electrons. The van der Waals surface area contributed by atoms with Crippen molar-refractivity contribution >= 4 is 0 Å². The van der Waals surface area contributed by atoms with E-state index in [1.165, 1.54) is 37.2 Å². The van der Waals surface area contributed by atoms with E-state index < -0.39 is 0 Å². The molecule has 4 heteroatoms. The van der Waals surface area contributed by atoms with Crippen LogP contribution in [-0.2, 0) is 19.4 Å². The van der Waals surface area contributed by atoms with Crippen molar-refractivity contribution in [3.63, 3.8) is 0 Å². The van der Waals surface area contributed by atoms with E-state index in [0.717, 1.165) is 32.4 Å². The number of fused-ring (bicyclic) bond motifs is 1. The van der Waals surface area contributed by atoms with E-state index >= 15 is 0 Å². The van der Waals surface area contributed by atoms with E-state index in [1.807, 2.05) is 10.6 Å². The molecule has 1 aromatic heterocycles. The SMILES string of the molecule is NC1CCc2c(ccc(=O)n2CCN2CCCC2)C1. The lowest BCUT2D eigenvalue weighted by atomic mass is 9.92. The summed E-state index contributed by atoms with van der Waals surface area (Å²) < 4.78 is 1.99. The van der Waals surface area contributed by atoms with Crippen LogP contribution in [0.1, 0.15) is 30.5 Å². The van der Waals surface area contributed by atoms with Crippen LogP contribution in [0.3, 0.4) is 0 Å². The van der Waals surface area contributed by atoms with Gasteiger partial charge in [-0.3, -0.25) is 4.79 Å². The fourth-order valence-corrected chi connectivity index (χ4v) is 3.35. The topological polar surface area (TPSA) is 51.3 Å². The van der Waals surface area contributed by atoms with Crippen LogP contribution in [0.5, 0.6) is 0 Å². The summed E-state index contributed by atoms with van der Waals surface area (Å²) in [7, 11) is 0. The van der Waals surface area contributed by atoms with Crippen molar-refractivity contribution in [3.8, 4) is 0 Å². The van der Waals surface area contributed by atoms with E-state index in [0.29, 0.717) is 0 Å². The van der Waals surface area contributed by atoms with Gasteiger partial charge in [0, 0.05) is 30.9 Å². The lowest BCUT2D eigenvalue weighted by Gasteiger charge is -2.25. The molecule has 0 aromatic carbocycles. The lowest BCUT2D eigenvalue weighted by molar-refractivity contribution is 0.317. The molecule has 4 nitrogen and oxygen atoms in total. The molecule has 1 aromatic rings.